The number of aryl methyl sites for hydroxylation is 1. The molecule has 0 radical (unpaired) electrons. The van der Waals surface area contributed by atoms with E-state index in [4.69, 9.17) is 21.1 Å². The molecule has 0 aliphatic heterocycles. The molecule has 0 heterocycles. The Morgan fingerprint density at radius 3 is 2.26 bits per heavy atom. The van der Waals surface area contributed by atoms with Crippen molar-refractivity contribution in [2.45, 2.75) is 31.2 Å². The molecule has 186 valence electrons. The molecule has 3 aromatic rings. The number of sulfonamides is 1. The van der Waals surface area contributed by atoms with Crippen LogP contribution in [0.3, 0.4) is 0 Å². The second-order valence-corrected chi connectivity index (χ2v) is 10.2. The number of anilines is 1. The quantitative estimate of drug-likeness (QED) is 0.404. The van der Waals surface area contributed by atoms with Crippen molar-refractivity contribution >= 4 is 33.2 Å². The summed E-state index contributed by atoms with van der Waals surface area (Å²) in [4.78, 5) is 13.2. The van der Waals surface area contributed by atoms with Crippen molar-refractivity contribution in [3.05, 3.63) is 82.9 Å². The van der Waals surface area contributed by atoms with E-state index < -0.39 is 15.9 Å². The first kappa shape index (κ1) is 26.4. The summed E-state index contributed by atoms with van der Waals surface area (Å²) in [6.45, 7) is 3.35. The monoisotopic (exact) mass is 516 g/mol. The van der Waals surface area contributed by atoms with Crippen LogP contribution in [-0.2, 0) is 14.8 Å². The van der Waals surface area contributed by atoms with Crippen LogP contribution in [0, 0.1) is 6.92 Å². The average molecular weight is 517 g/mol. The molecule has 3 aromatic carbocycles. The summed E-state index contributed by atoms with van der Waals surface area (Å²) in [7, 11) is -0.940. The molecule has 0 aliphatic rings. The fourth-order valence-electron chi connectivity index (χ4n) is 3.74. The highest BCUT2D eigenvalue weighted by Gasteiger charge is 2.29. The van der Waals surface area contributed by atoms with Crippen molar-refractivity contribution in [1.82, 2.24) is 5.32 Å². The highest BCUT2D eigenvalue weighted by Crippen LogP contribution is 2.31. The van der Waals surface area contributed by atoms with E-state index in [1.807, 2.05) is 19.1 Å². The largest absolute Gasteiger partial charge is 0.493 e. The van der Waals surface area contributed by atoms with Gasteiger partial charge in [0.25, 0.3) is 10.0 Å². The van der Waals surface area contributed by atoms with Gasteiger partial charge in [0.2, 0.25) is 5.91 Å². The molecule has 1 unspecified atom stereocenters. The third-order valence-corrected chi connectivity index (χ3v) is 7.65. The number of carbonyl (C=O) groups excluding carboxylic acids is 1. The Bertz CT molecular complexity index is 1280. The van der Waals surface area contributed by atoms with E-state index in [-0.39, 0.29) is 17.5 Å². The Balaban J connectivity index is 1.92. The third kappa shape index (κ3) is 6.07. The summed E-state index contributed by atoms with van der Waals surface area (Å²) < 4.78 is 39.0. The predicted octanol–water partition coefficient (Wildman–Crippen LogP) is 5.13. The van der Waals surface area contributed by atoms with Gasteiger partial charge in [0.15, 0.2) is 11.5 Å². The number of carbonyl (C=O) groups is 1. The Kier molecular flexibility index (Phi) is 8.64. The minimum atomic E-state index is -4.04. The maximum absolute atomic E-state index is 13.6. The van der Waals surface area contributed by atoms with E-state index >= 15 is 0 Å². The second kappa shape index (κ2) is 11.5. The summed E-state index contributed by atoms with van der Waals surface area (Å²) in [5, 5.41) is 3.38. The maximum Gasteiger partial charge on any atom is 0.264 e. The number of nitrogens with zero attached hydrogens (tertiary/aromatic N) is 1. The minimum absolute atomic E-state index is 0.0462. The van der Waals surface area contributed by atoms with Crippen molar-refractivity contribution in [1.29, 1.82) is 0 Å². The number of benzene rings is 3. The molecule has 0 spiro atoms. The molecule has 0 bridgehead atoms. The summed E-state index contributed by atoms with van der Waals surface area (Å²) in [6.07, 6.45) is 0.593. The molecule has 0 aromatic heterocycles. The Morgan fingerprint density at radius 2 is 1.66 bits per heavy atom. The number of methoxy groups -OCH3 is 2. The molecule has 1 atom stereocenters. The number of para-hydroxylation sites is 1. The first-order valence-corrected chi connectivity index (χ1v) is 12.9. The number of hydrogen-bond acceptors (Lipinski definition) is 5. The van der Waals surface area contributed by atoms with Crippen LogP contribution < -0.4 is 19.1 Å². The Hall–Kier alpha value is -3.23. The zero-order valence-corrected chi connectivity index (χ0v) is 21.7. The highest BCUT2D eigenvalue weighted by atomic mass is 35.5. The fraction of sp³-hybridized carbons (Fsp3) is 0.269. The Labute approximate surface area is 211 Å². The zero-order valence-electron chi connectivity index (χ0n) is 20.1. The van der Waals surface area contributed by atoms with Gasteiger partial charge in [0, 0.05) is 5.02 Å². The van der Waals surface area contributed by atoms with Crippen LogP contribution in [0.15, 0.2) is 71.6 Å². The lowest BCUT2D eigenvalue weighted by Gasteiger charge is -2.27. The molecule has 7 nitrogen and oxygen atoms in total. The first-order chi connectivity index (χ1) is 16.7. The molecular formula is C26H29ClN2O5S. The summed E-state index contributed by atoms with van der Waals surface area (Å²) in [5.41, 5.74) is 1.98. The Morgan fingerprint density at radius 1 is 1.00 bits per heavy atom. The number of ether oxygens (including phenoxy) is 2. The molecule has 1 N–H and O–H groups in total. The van der Waals surface area contributed by atoms with Gasteiger partial charge in [0.1, 0.15) is 6.54 Å². The smallest absolute Gasteiger partial charge is 0.264 e. The lowest BCUT2D eigenvalue weighted by molar-refractivity contribution is -0.120. The second-order valence-electron chi connectivity index (χ2n) is 7.89. The van der Waals surface area contributed by atoms with Crippen LogP contribution in [0.5, 0.6) is 11.5 Å². The molecule has 0 saturated carbocycles. The molecule has 0 aliphatic carbocycles. The van der Waals surface area contributed by atoms with Gasteiger partial charge >= 0.3 is 0 Å². The van der Waals surface area contributed by atoms with E-state index in [1.165, 1.54) is 24.3 Å². The van der Waals surface area contributed by atoms with Gasteiger partial charge in [-0.3, -0.25) is 9.10 Å². The van der Waals surface area contributed by atoms with E-state index in [0.717, 1.165) is 15.4 Å². The van der Waals surface area contributed by atoms with Crippen LogP contribution in [0.2, 0.25) is 5.02 Å². The van der Waals surface area contributed by atoms with E-state index in [2.05, 4.69) is 5.32 Å². The first-order valence-electron chi connectivity index (χ1n) is 11.1. The minimum Gasteiger partial charge on any atom is -0.493 e. The lowest BCUT2D eigenvalue weighted by Crippen LogP contribution is -2.42. The van der Waals surface area contributed by atoms with E-state index in [9.17, 15) is 13.2 Å². The molecule has 3 rings (SSSR count). The number of nitrogens with one attached hydrogen (secondary N) is 1. The SMILES string of the molecule is CCC(NC(=O)CN(c1ccccc1C)S(=O)(=O)c1ccc(Cl)cc1)c1ccc(OC)c(OC)c1. The number of amides is 1. The third-order valence-electron chi connectivity index (χ3n) is 5.63. The zero-order chi connectivity index (χ0) is 25.6. The average Bonchev–Trinajstić information content (AvgIpc) is 2.86. The van der Waals surface area contributed by atoms with Crippen LogP contribution in [0.1, 0.15) is 30.5 Å². The topological polar surface area (TPSA) is 84.9 Å². The van der Waals surface area contributed by atoms with Gasteiger partial charge in [-0.1, -0.05) is 42.8 Å². The van der Waals surface area contributed by atoms with Gasteiger partial charge in [-0.15, -0.1) is 0 Å². The van der Waals surface area contributed by atoms with Crippen LogP contribution >= 0.6 is 11.6 Å². The van der Waals surface area contributed by atoms with Gasteiger partial charge in [-0.2, -0.15) is 0 Å². The van der Waals surface area contributed by atoms with Crippen molar-refractivity contribution in [2.24, 2.45) is 0 Å². The van der Waals surface area contributed by atoms with Crippen LogP contribution in [0.4, 0.5) is 5.69 Å². The number of halogens is 1. The van der Waals surface area contributed by atoms with Crippen LogP contribution in [-0.4, -0.2) is 35.1 Å². The maximum atomic E-state index is 13.6. The summed E-state index contributed by atoms with van der Waals surface area (Å²) >= 11 is 5.95. The fourth-order valence-corrected chi connectivity index (χ4v) is 5.35. The lowest BCUT2D eigenvalue weighted by atomic mass is 10.0. The molecule has 0 fully saturated rings. The molecule has 0 saturated heterocycles. The molecule has 9 heteroatoms. The van der Waals surface area contributed by atoms with Gasteiger partial charge in [-0.25, -0.2) is 8.42 Å². The predicted molar refractivity (Wildman–Crippen MR) is 138 cm³/mol. The van der Waals surface area contributed by atoms with E-state index in [0.29, 0.717) is 28.6 Å². The van der Waals surface area contributed by atoms with Gasteiger partial charge < -0.3 is 14.8 Å². The van der Waals surface area contributed by atoms with Crippen LogP contribution in [0.25, 0.3) is 0 Å². The van der Waals surface area contributed by atoms with Gasteiger partial charge in [0.05, 0.1) is 30.8 Å². The van der Waals surface area contributed by atoms with Crippen molar-refractivity contribution in [2.75, 3.05) is 25.1 Å². The molecule has 1 amide bonds. The number of rotatable bonds is 10. The molecular weight excluding hydrogens is 488 g/mol. The standard InChI is InChI=1S/C26H29ClN2O5S/c1-5-22(19-10-15-24(33-3)25(16-19)34-4)28-26(30)17-29(23-9-7-6-8-18(23)2)35(31,32)21-13-11-20(27)12-14-21/h6-16,22H,5,17H2,1-4H3,(H,28,30). The van der Waals surface area contributed by atoms with Gasteiger partial charge in [-0.05, 0) is 66.9 Å². The van der Waals surface area contributed by atoms with E-state index in [1.54, 1.807) is 51.5 Å². The molecule has 35 heavy (non-hydrogen) atoms. The van der Waals surface area contributed by atoms with Crippen molar-refractivity contribution < 1.29 is 22.7 Å². The highest BCUT2D eigenvalue weighted by molar-refractivity contribution is 7.92. The van der Waals surface area contributed by atoms with Crippen molar-refractivity contribution in [3.63, 3.8) is 0 Å². The summed E-state index contributed by atoms with van der Waals surface area (Å²) in [5.74, 6) is 0.689. The van der Waals surface area contributed by atoms with Crippen molar-refractivity contribution in [3.8, 4) is 11.5 Å². The normalized spacial score (nSPS) is 12.0. The number of hydrogen-bond donors (Lipinski definition) is 1. The summed E-state index contributed by atoms with van der Waals surface area (Å²) in [6, 6.07) is 18.0.